The molecular weight excluding hydrogens is 222 g/mol. The second-order valence-electron chi connectivity index (χ2n) is 3.67. The predicted octanol–water partition coefficient (Wildman–Crippen LogP) is 1.62. The number of nitrogen functional groups attached to an aromatic ring is 1. The molecule has 0 aliphatic carbocycles. The monoisotopic (exact) mass is 239 g/mol. The first kappa shape index (κ1) is 12.8. The summed E-state index contributed by atoms with van der Waals surface area (Å²) in [5.74, 6) is 1.07. The van der Waals surface area contributed by atoms with Crippen LogP contribution in [0.1, 0.15) is 12.8 Å². The number of carbonyl (C=O) groups excluding carboxylic acids is 1. The van der Waals surface area contributed by atoms with Gasteiger partial charge in [-0.25, -0.2) is 4.98 Å². The van der Waals surface area contributed by atoms with Crippen LogP contribution in [0, 0.1) is 0 Å². The second kappa shape index (κ2) is 6.37. The minimum Gasteiger partial charge on any atom is -0.397 e. The van der Waals surface area contributed by atoms with Gasteiger partial charge in [0.2, 0.25) is 5.91 Å². The second-order valence-corrected chi connectivity index (χ2v) is 4.79. The molecule has 0 saturated heterocycles. The molecule has 0 saturated carbocycles. The molecular formula is C11H17N3OS. The number of nitrogens with two attached hydrogens (primary N) is 1. The molecule has 5 heteroatoms. The van der Waals surface area contributed by atoms with Gasteiger partial charge in [-0.15, -0.1) is 11.8 Å². The summed E-state index contributed by atoms with van der Waals surface area (Å²) in [6, 6.07) is 3.73. The van der Waals surface area contributed by atoms with Crippen molar-refractivity contribution in [1.82, 2.24) is 9.88 Å². The molecule has 1 aromatic rings. The fraction of sp³-hybridized carbons (Fsp3) is 0.455. The maximum atomic E-state index is 11.3. The van der Waals surface area contributed by atoms with E-state index in [1.807, 2.05) is 12.1 Å². The molecule has 1 heterocycles. The van der Waals surface area contributed by atoms with Gasteiger partial charge >= 0.3 is 0 Å². The summed E-state index contributed by atoms with van der Waals surface area (Å²) in [7, 11) is 3.55. The zero-order valence-electron chi connectivity index (χ0n) is 9.64. The Balaban J connectivity index is 2.21. The van der Waals surface area contributed by atoms with Gasteiger partial charge in [-0.3, -0.25) is 4.79 Å². The lowest BCUT2D eigenvalue weighted by Gasteiger charge is -2.09. The van der Waals surface area contributed by atoms with Crippen LogP contribution in [0.5, 0.6) is 0 Å². The van der Waals surface area contributed by atoms with E-state index in [0.717, 1.165) is 17.2 Å². The van der Waals surface area contributed by atoms with Crippen LogP contribution < -0.4 is 5.73 Å². The zero-order valence-corrected chi connectivity index (χ0v) is 10.5. The molecule has 1 rings (SSSR count). The SMILES string of the molecule is CN(C)C(=O)CCCSc1ccc(N)cn1. The van der Waals surface area contributed by atoms with Crippen molar-refractivity contribution in [2.24, 2.45) is 0 Å². The molecule has 0 unspecified atom stereocenters. The number of thioether (sulfide) groups is 1. The van der Waals surface area contributed by atoms with E-state index in [1.54, 1.807) is 37.0 Å². The molecule has 0 radical (unpaired) electrons. The zero-order chi connectivity index (χ0) is 12.0. The fourth-order valence-corrected chi connectivity index (χ4v) is 1.89. The summed E-state index contributed by atoms with van der Waals surface area (Å²) in [5, 5.41) is 0.950. The van der Waals surface area contributed by atoms with Crippen LogP contribution >= 0.6 is 11.8 Å². The Morgan fingerprint density at radius 2 is 2.25 bits per heavy atom. The van der Waals surface area contributed by atoms with E-state index >= 15 is 0 Å². The largest absolute Gasteiger partial charge is 0.397 e. The van der Waals surface area contributed by atoms with Crippen molar-refractivity contribution in [2.75, 3.05) is 25.6 Å². The molecule has 4 nitrogen and oxygen atoms in total. The molecule has 0 spiro atoms. The summed E-state index contributed by atoms with van der Waals surface area (Å²) >= 11 is 1.65. The van der Waals surface area contributed by atoms with E-state index < -0.39 is 0 Å². The maximum Gasteiger partial charge on any atom is 0.222 e. The van der Waals surface area contributed by atoms with Gasteiger partial charge in [-0.2, -0.15) is 0 Å². The van der Waals surface area contributed by atoms with Crippen LogP contribution in [0.3, 0.4) is 0 Å². The Morgan fingerprint density at radius 3 is 2.81 bits per heavy atom. The molecule has 88 valence electrons. The van der Waals surface area contributed by atoms with Gasteiger partial charge in [-0.05, 0) is 24.3 Å². The van der Waals surface area contributed by atoms with Crippen molar-refractivity contribution < 1.29 is 4.79 Å². The minimum atomic E-state index is 0.172. The number of hydrogen-bond donors (Lipinski definition) is 1. The van der Waals surface area contributed by atoms with Gasteiger partial charge in [-0.1, -0.05) is 0 Å². The van der Waals surface area contributed by atoms with Gasteiger partial charge in [0.25, 0.3) is 0 Å². The Bertz CT molecular complexity index is 338. The summed E-state index contributed by atoms with van der Waals surface area (Å²) in [5.41, 5.74) is 6.21. The first-order chi connectivity index (χ1) is 7.59. The summed E-state index contributed by atoms with van der Waals surface area (Å²) in [6.07, 6.45) is 3.11. The fourth-order valence-electron chi connectivity index (χ4n) is 1.10. The number of nitrogens with zero attached hydrogens (tertiary/aromatic N) is 2. The van der Waals surface area contributed by atoms with Crippen LogP contribution in [0.2, 0.25) is 0 Å². The van der Waals surface area contributed by atoms with Gasteiger partial charge in [0, 0.05) is 20.5 Å². The summed E-state index contributed by atoms with van der Waals surface area (Å²) in [4.78, 5) is 17.1. The lowest BCUT2D eigenvalue weighted by molar-refractivity contribution is -0.128. The van der Waals surface area contributed by atoms with Gasteiger partial charge in [0.05, 0.1) is 16.9 Å². The number of amides is 1. The molecule has 2 N–H and O–H groups in total. The highest BCUT2D eigenvalue weighted by Crippen LogP contribution is 2.17. The van der Waals surface area contributed by atoms with E-state index in [9.17, 15) is 4.79 Å². The van der Waals surface area contributed by atoms with Crippen molar-refractivity contribution in [2.45, 2.75) is 17.9 Å². The highest BCUT2D eigenvalue weighted by molar-refractivity contribution is 7.99. The third kappa shape index (κ3) is 4.53. The first-order valence-corrected chi connectivity index (χ1v) is 6.12. The molecule has 16 heavy (non-hydrogen) atoms. The van der Waals surface area contributed by atoms with Crippen LogP contribution in [-0.2, 0) is 4.79 Å². The van der Waals surface area contributed by atoms with Gasteiger partial charge in [0.1, 0.15) is 0 Å². The molecule has 0 fully saturated rings. The average molecular weight is 239 g/mol. The van der Waals surface area contributed by atoms with E-state index in [-0.39, 0.29) is 5.91 Å². The minimum absolute atomic E-state index is 0.172. The van der Waals surface area contributed by atoms with E-state index in [2.05, 4.69) is 4.98 Å². The highest BCUT2D eigenvalue weighted by Gasteiger charge is 2.03. The Hall–Kier alpha value is -1.23. The molecule has 1 aromatic heterocycles. The third-order valence-electron chi connectivity index (χ3n) is 2.04. The van der Waals surface area contributed by atoms with Crippen LogP contribution in [0.25, 0.3) is 0 Å². The van der Waals surface area contributed by atoms with Gasteiger partial charge in [0.15, 0.2) is 0 Å². The number of aromatic nitrogens is 1. The van der Waals surface area contributed by atoms with Crippen molar-refractivity contribution in [1.29, 1.82) is 0 Å². The van der Waals surface area contributed by atoms with E-state index in [1.165, 1.54) is 0 Å². The quantitative estimate of drug-likeness (QED) is 0.626. The number of anilines is 1. The topological polar surface area (TPSA) is 59.2 Å². The van der Waals surface area contributed by atoms with Crippen LogP contribution in [0.15, 0.2) is 23.4 Å². The molecule has 0 aliphatic heterocycles. The van der Waals surface area contributed by atoms with Crippen LogP contribution in [0.4, 0.5) is 5.69 Å². The summed E-state index contributed by atoms with van der Waals surface area (Å²) in [6.45, 7) is 0. The van der Waals surface area contributed by atoms with Crippen LogP contribution in [-0.4, -0.2) is 35.6 Å². The Morgan fingerprint density at radius 1 is 1.50 bits per heavy atom. The Kier molecular flexibility index (Phi) is 5.11. The van der Waals surface area contributed by atoms with E-state index in [0.29, 0.717) is 12.1 Å². The van der Waals surface area contributed by atoms with Crippen molar-refractivity contribution in [3.8, 4) is 0 Å². The first-order valence-electron chi connectivity index (χ1n) is 5.14. The lowest BCUT2D eigenvalue weighted by Crippen LogP contribution is -2.21. The molecule has 0 atom stereocenters. The third-order valence-corrected chi connectivity index (χ3v) is 3.07. The van der Waals surface area contributed by atoms with Crippen molar-refractivity contribution in [3.63, 3.8) is 0 Å². The maximum absolute atomic E-state index is 11.3. The summed E-state index contributed by atoms with van der Waals surface area (Å²) < 4.78 is 0. The molecule has 0 aromatic carbocycles. The lowest BCUT2D eigenvalue weighted by atomic mass is 10.3. The molecule has 1 amide bonds. The van der Waals surface area contributed by atoms with Crippen molar-refractivity contribution >= 4 is 23.4 Å². The normalized spacial score (nSPS) is 10.1. The molecule has 0 bridgehead atoms. The van der Waals surface area contributed by atoms with E-state index in [4.69, 9.17) is 5.73 Å². The smallest absolute Gasteiger partial charge is 0.222 e. The number of pyridine rings is 1. The van der Waals surface area contributed by atoms with Crippen molar-refractivity contribution in [3.05, 3.63) is 18.3 Å². The predicted molar refractivity (Wildman–Crippen MR) is 67.3 cm³/mol. The highest BCUT2D eigenvalue weighted by atomic mass is 32.2. The number of hydrogen-bond acceptors (Lipinski definition) is 4. The van der Waals surface area contributed by atoms with Gasteiger partial charge < -0.3 is 10.6 Å². The average Bonchev–Trinajstić information content (AvgIpc) is 2.26. The molecule has 0 aliphatic rings. The number of rotatable bonds is 5. The number of carbonyl (C=O) groups is 1. The standard InChI is InChI=1S/C11H17N3OS/c1-14(2)11(15)4-3-7-16-10-6-5-9(12)8-13-10/h5-6,8H,3-4,7,12H2,1-2H3. The Labute approximate surface area is 100 Å².